The molecule has 4 aromatic rings. The molecule has 1 heterocycles. The number of amides is 1. The van der Waals surface area contributed by atoms with E-state index >= 15 is 0 Å². The number of aromatic hydroxyl groups is 1. The summed E-state index contributed by atoms with van der Waals surface area (Å²) in [6, 6.07) is 16.1. The van der Waals surface area contributed by atoms with Gasteiger partial charge < -0.3 is 19.9 Å². The Morgan fingerprint density at radius 3 is 2.41 bits per heavy atom. The van der Waals surface area contributed by atoms with Crippen molar-refractivity contribution >= 4 is 5.91 Å². The van der Waals surface area contributed by atoms with Crippen LogP contribution in [0.4, 0.5) is 4.39 Å². The zero-order chi connectivity index (χ0) is 24.1. The van der Waals surface area contributed by atoms with Crippen LogP contribution < -0.4 is 14.8 Å². The summed E-state index contributed by atoms with van der Waals surface area (Å²) >= 11 is 0. The first-order valence-electron chi connectivity index (χ1n) is 10.5. The molecule has 0 saturated heterocycles. The summed E-state index contributed by atoms with van der Waals surface area (Å²) in [5.74, 6) is 0.345. The fraction of sp³-hybridized carbons (Fsp3) is 0.160. The number of hydrogen-bond acceptors (Lipinski definition) is 6. The molecule has 3 aromatic carbocycles. The molecule has 34 heavy (non-hydrogen) atoms. The van der Waals surface area contributed by atoms with Crippen molar-refractivity contribution in [3.63, 3.8) is 0 Å². The van der Waals surface area contributed by atoms with Gasteiger partial charge in [-0.25, -0.2) is 9.07 Å². The van der Waals surface area contributed by atoms with Crippen LogP contribution in [0.3, 0.4) is 0 Å². The molecule has 0 atom stereocenters. The molecule has 8 nitrogen and oxygen atoms in total. The molecular weight excluding hydrogens is 439 g/mol. The second-order valence-corrected chi connectivity index (χ2v) is 7.48. The fourth-order valence-corrected chi connectivity index (χ4v) is 3.39. The van der Waals surface area contributed by atoms with Crippen LogP contribution in [-0.4, -0.2) is 46.8 Å². The standard InChI is InChI=1S/C25H23FN4O4/c1-33-20-11-17(12-21(14-20)34-2)23-15-30(29-28-23)19-7-8-24(31)22(13-19)25(32)27-10-9-16-3-5-18(26)6-4-16/h3-8,11-15,31H,9-10H2,1-2H3,(H,27,32). The van der Waals surface area contributed by atoms with Gasteiger partial charge in [-0.15, -0.1) is 5.10 Å². The first-order chi connectivity index (χ1) is 16.5. The number of ether oxygens (including phenoxy) is 2. The molecule has 0 aliphatic carbocycles. The van der Waals surface area contributed by atoms with Crippen molar-refractivity contribution in [2.75, 3.05) is 20.8 Å². The van der Waals surface area contributed by atoms with Gasteiger partial charge in [0.05, 0.1) is 31.7 Å². The third-order valence-corrected chi connectivity index (χ3v) is 5.24. The number of carbonyl (C=O) groups is 1. The zero-order valence-corrected chi connectivity index (χ0v) is 18.7. The van der Waals surface area contributed by atoms with Gasteiger partial charge in [0.15, 0.2) is 0 Å². The highest BCUT2D eigenvalue weighted by molar-refractivity contribution is 5.97. The van der Waals surface area contributed by atoms with Gasteiger partial charge in [-0.1, -0.05) is 17.3 Å². The van der Waals surface area contributed by atoms with Gasteiger partial charge in [0.1, 0.15) is 28.8 Å². The highest BCUT2D eigenvalue weighted by atomic mass is 19.1. The van der Waals surface area contributed by atoms with Gasteiger partial charge in [0.25, 0.3) is 5.91 Å². The first kappa shape index (κ1) is 22.8. The van der Waals surface area contributed by atoms with Gasteiger partial charge in [-0.05, 0) is 54.4 Å². The van der Waals surface area contributed by atoms with Crippen LogP contribution in [0.1, 0.15) is 15.9 Å². The number of phenolic OH excluding ortho intramolecular Hbond substituents is 1. The van der Waals surface area contributed by atoms with E-state index in [0.717, 1.165) is 11.1 Å². The Labute approximate surface area is 195 Å². The number of rotatable bonds is 8. The van der Waals surface area contributed by atoms with Gasteiger partial charge in [0, 0.05) is 18.2 Å². The summed E-state index contributed by atoms with van der Waals surface area (Å²) in [7, 11) is 3.14. The minimum atomic E-state index is -0.431. The van der Waals surface area contributed by atoms with Gasteiger partial charge >= 0.3 is 0 Å². The number of aromatic nitrogens is 3. The van der Waals surface area contributed by atoms with Crippen molar-refractivity contribution in [1.29, 1.82) is 0 Å². The number of hydrogen-bond donors (Lipinski definition) is 2. The molecule has 0 bridgehead atoms. The van der Waals surface area contributed by atoms with Crippen LogP contribution in [-0.2, 0) is 6.42 Å². The molecule has 0 fully saturated rings. The lowest BCUT2D eigenvalue weighted by molar-refractivity contribution is 0.0951. The maximum absolute atomic E-state index is 13.0. The molecule has 1 amide bonds. The highest BCUT2D eigenvalue weighted by Gasteiger charge is 2.14. The van der Waals surface area contributed by atoms with E-state index < -0.39 is 5.91 Å². The van der Waals surface area contributed by atoms with Crippen LogP contribution in [0, 0.1) is 5.82 Å². The van der Waals surface area contributed by atoms with Crippen molar-refractivity contribution in [2.24, 2.45) is 0 Å². The smallest absolute Gasteiger partial charge is 0.255 e. The SMILES string of the molecule is COc1cc(OC)cc(-c2cn(-c3ccc(O)c(C(=O)NCCc4ccc(F)cc4)c3)nn2)c1. The Bertz CT molecular complexity index is 1280. The highest BCUT2D eigenvalue weighted by Crippen LogP contribution is 2.29. The lowest BCUT2D eigenvalue weighted by Crippen LogP contribution is -2.26. The normalized spacial score (nSPS) is 10.7. The van der Waals surface area contributed by atoms with E-state index in [-0.39, 0.29) is 17.1 Å². The number of halogens is 1. The van der Waals surface area contributed by atoms with Crippen LogP contribution in [0.5, 0.6) is 17.2 Å². The molecule has 1 aromatic heterocycles. The fourth-order valence-electron chi connectivity index (χ4n) is 3.39. The van der Waals surface area contributed by atoms with E-state index in [0.29, 0.717) is 35.8 Å². The average Bonchev–Trinajstić information content (AvgIpc) is 3.35. The third kappa shape index (κ3) is 5.15. The summed E-state index contributed by atoms with van der Waals surface area (Å²) in [6.45, 7) is 0.333. The lowest BCUT2D eigenvalue weighted by Gasteiger charge is -2.09. The van der Waals surface area contributed by atoms with Crippen LogP contribution in [0.2, 0.25) is 0 Å². The van der Waals surface area contributed by atoms with Gasteiger partial charge in [0.2, 0.25) is 0 Å². The Balaban J connectivity index is 1.50. The summed E-state index contributed by atoms with van der Waals surface area (Å²) in [6.07, 6.45) is 2.24. The van der Waals surface area contributed by atoms with Crippen molar-refractivity contribution in [2.45, 2.75) is 6.42 Å². The zero-order valence-electron chi connectivity index (χ0n) is 18.7. The van der Waals surface area contributed by atoms with Crippen molar-refractivity contribution < 1.29 is 23.8 Å². The Morgan fingerprint density at radius 2 is 1.74 bits per heavy atom. The maximum Gasteiger partial charge on any atom is 0.255 e. The number of methoxy groups -OCH3 is 2. The number of benzene rings is 3. The van der Waals surface area contributed by atoms with Crippen LogP contribution in [0.25, 0.3) is 16.9 Å². The monoisotopic (exact) mass is 462 g/mol. The second-order valence-electron chi connectivity index (χ2n) is 7.48. The van der Waals surface area contributed by atoms with Crippen molar-refractivity contribution in [3.8, 4) is 34.2 Å². The lowest BCUT2D eigenvalue weighted by atomic mass is 10.1. The number of carbonyl (C=O) groups excluding carboxylic acids is 1. The maximum atomic E-state index is 13.0. The van der Waals surface area contributed by atoms with E-state index in [4.69, 9.17) is 9.47 Å². The average molecular weight is 462 g/mol. The number of nitrogens with one attached hydrogen (secondary N) is 1. The van der Waals surface area contributed by atoms with Crippen LogP contribution >= 0.6 is 0 Å². The number of phenols is 1. The number of nitrogens with zero attached hydrogens (tertiary/aromatic N) is 3. The minimum Gasteiger partial charge on any atom is -0.507 e. The molecule has 0 radical (unpaired) electrons. The van der Waals surface area contributed by atoms with E-state index in [1.54, 1.807) is 44.7 Å². The molecule has 0 unspecified atom stereocenters. The van der Waals surface area contributed by atoms with Gasteiger partial charge in [-0.3, -0.25) is 4.79 Å². The molecule has 0 aliphatic rings. The van der Waals surface area contributed by atoms with E-state index in [9.17, 15) is 14.3 Å². The van der Waals surface area contributed by atoms with E-state index in [2.05, 4.69) is 15.6 Å². The molecule has 0 aliphatic heterocycles. The topological polar surface area (TPSA) is 98.5 Å². The molecule has 0 saturated carbocycles. The Morgan fingerprint density at radius 1 is 1.03 bits per heavy atom. The third-order valence-electron chi connectivity index (χ3n) is 5.24. The Hall–Kier alpha value is -4.40. The molecule has 9 heteroatoms. The van der Waals surface area contributed by atoms with E-state index in [1.807, 2.05) is 12.1 Å². The second kappa shape index (κ2) is 10.0. The predicted molar refractivity (Wildman–Crippen MR) is 124 cm³/mol. The van der Waals surface area contributed by atoms with Crippen LogP contribution in [0.15, 0.2) is 66.9 Å². The molecule has 174 valence electrons. The minimum absolute atomic E-state index is 0.108. The molecule has 2 N–H and O–H groups in total. The van der Waals surface area contributed by atoms with Crippen molar-refractivity contribution in [1.82, 2.24) is 20.3 Å². The largest absolute Gasteiger partial charge is 0.507 e. The summed E-state index contributed by atoms with van der Waals surface area (Å²) in [4.78, 5) is 12.7. The predicted octanol–water partition coefficient (Wildman–Crippen LogP) is 3.77. The first-order valence-corrected chi connectivity index (χ1v) is 10.5. The van der Waals surface area contributed by atoms with Crippen molar-refractivity contribution in [3.05, 3.63) is 83.8 Å². The quantitative estimate of drug-likeness (QED) is 0.414. The Kier molecular flexibility index (Phi) is 6.72. The van der Waals surface area contributed by atoms with Gasteiger partial charge in [-0.2, -0.15) is 0 Å². The summed E-state index contributed by atoms with van der Waals surface area (Å²) in [5, 5.41) is 21.4. The molecular formula is C25H23FN4O4. The molecule has 0 spiro atoms. The summed E-state index contributed by atoms with van der Waals surface area (Å²) in [5.41, 5.74) is 2.88. The summed E-state index contributed by atoms with van der Waals surface area (Å²) < 4.78 is 25.2. The van der Waals surface area contributed by atoms with E-state index in [1.165, 1.54) is 28.9 Å². The molecule has 4 rings (SSSR count).